The molecule has 6 nitrogen and oxygen atoms in total. The van der Waals surface area contributed by atoms with Crippen molar-refractivity contribution in [2.45, 2.75) is 12.8 Å². The molecule has 0 spiro atoms. The number of benzene rings is 1. The summed E-state index contributed by atoms with van der Waals surface area (Å²) < 4.78 is 0. The van der Waals surface area contributed by atoms with E-state index in [2.05, 4.69) is 10.6 Å². The molecule has 1 aromatic rings. The van der Waals surface area contributed by atoms with Crippen LogP contribution < -0.4 is 20.4 Å². The molecule has 2 N–H and O–H groups in total. The third-order valence-corrected chi connectivity index (χ3v) is 3.61. The van der Waals surface area contributed by atoms with Gasteiger partial charge >= 0.3 is 12.1 Å². The summed E-state index contributed by atoms with van der Waals surface area (Å²) in [5.41, 5.74) is 1.66. The Labute approximate surface area is 117 Å². The third kappa shape index (κ3) is 2.41. The van der Waals surface area contributed by atoms with E-state index in [-0.39, 0.29) is 12.1 Å². The molecule has 6 heteroatoms. The van der Waals surface area contributed by atoms with Gasteiger partial charge in [0.05, 0.1) is 0 Å². The maximum atomic E-state index is 11.9. The Morgan fingerprint density at radius 3 is 1.80 bits per heavy atom. The predicted octanol–water partition coefficient (Wildman–Crippen LogP) is 1.53. The smallest absolute Gasteiger partial charge is 0.321 e. The summed E-state index contributed by atoms with van der Waals surface area (Å²) in [6.45, 7) is 2.87. The normalized spacial score (nSPS) is 19.6. The number of rotatable bonds is 2. The lowest BCUT2D eigenvalue weighted by atomic mass is 10.2. The molecule has 3 rings (SSSR count). The molecule has 0 saturated carbocycles. The Morgan fingerprint density at radius 2 is 1.35 bits per heavy atom. The number of carbonyl (C=O) groups excluding carboxylic acids is 2. The molecule has 106 valence electrons. The Balaban J connectivity index is 1.85. The fraction of sp³-hybridized carbons (Fsp3) is 0.429. The third-order valence-electron chi connectivity index (χ3n) is 3.61. The molecule has 20 heavy (non-hydrogen) atoms. The highest BCUT2D eigenvalue weighted by Gasteiger charge is 2.22. The molecule has 0 atom stereocenters. The Kier molecular flexibility index (Phi) is 3.45. The van der Waals surface area contributed by atoms with Gasteiger partial charge in [-0.2, -0.15) is 0 Å². The zero-order valence-corrected chi connectivity index (χ0v) is 11.3. The van der Waals surface area contributed by atoms with Crippen molar-refractivity contribution < 1.29 is 9.59 Å². The van der Waals surface area contributed by atoms with Crippen molar-refractivity contribution >= 4 is 23.4 Å². The van der Waals surface area contributed by atoms with Crippen LogP contribution in [0.1, 0.15) is 12.8 Å². The second-order valence-electron chi connectivity index (χ2n) is 4.99. The van der Waals surface area contributed by atoms with E-state index in [1.807, 2.05) is 24.3 Å². The zero-order chi connectivity index (χ0) is 13.9. The van der Waals surface area contributed by atoms with Gasteiger partial charge in [-0.05, 0) is 31.0 Å². The van der Waals surface area contributed by atoms with Crippen LogP contribution in [0.15, 0.2) is 24.3 Å². The van der Waals surface area contributed by atoms with Crippen LogP contribution in [-0.4, -0.2) is 38.2 Å². The van der Waals surface area contributed by atoms with Gasteiger partial charge in [0.15, 0.2) is 0 Å². The number of hydrogen-bond acceptors (Lipinski definition) is 2. The quantitative estimate of drug-likeness (QED) is 0.859. The molecule has 2 saturated heterocycles. The van der Waals surface area contributed by atoms with Crippen LogP contribution in [0.5, 0.6) is 0 Å². The maximum absolute atomic E-state index is 11.9. The molecular formula is C14H18N4O2. The molecule has 2 fully saturated rings. The van der Waals surface area contributed by atoms with Crippen LogP contribution in [-0.2, 0) is 0 Å². The van der Waals surface area contributed by atoms with Gasteiger partial charge in [0.25, 0.3) is 0 Å². The second-order valence-corrected chi connectivity index (χ2v) is 4.99. The van der Waals surface area contributed by atoms with Crippen LogP contribution in [0.3, 0.4) is 0 Å². The topological polar surface area (TPSA) is 64.7 Å². The summed E-state index contributed by atoms with van der Waals surface area (Å²) in [6.07, 6.45) is 1.86. The molecule has 1 aromatic carbocycles. The first-order valence-corrected chi connectivity index (χ1v) is 6.96. The van der Waals surface area contributed by atoms with Crippen LogP contribution in [0, 0.1) is 0 Å². The summed E-state index contributed by atoms with van der Waals surface area (Å²) >= 11 is 0. The summed E-state index contributed by atoms with van der Waals surface area (Å²) in [4.78, 5) is 27.2. The van der Waals surface area contributed by atoms with E-state index < -0.39 is 0 Å². The lowest BCUT2D eigenvalue weighted by molar-refractivity contribution is 0.242. The summed E-state index contributed by atoms with van der Waals surface area (Å²) in [7, 11) is 0. The molecule has 0 radical (unpaired) electrons. The van der Waals surface area contributed by atoms with Gasteiger partial charge in [-0.3, -0.25) is 9.80 Å². The van der Waals surface area contributed by atoms with Gasteiger partial charge in [-0.25, -0.2) is 9.59 Å². The molecule has 0 aliphatic carbocycles. The van der Waals surface area contributed by atoms with Crippen LogP contribution in [0.25, 0.3) is 0 Å². The number of nitrogens with zero attached hydrogens (tertiary/aromatic N) is 2. The average Bonchev–Trinajstić information content (AvgIpc) is 2.48. The molecule has 0 bridgehead atoms. The SMILES string of the molecule is O=C1NCCCN1c1cccc(N2CCCNC2=O)c1. The fourth-order valence-electron chi connectivity index (χ4n) is 2.58. The molecule has 0 aromatic heterocycles. The van der Waals surface area contributed by atoms with Crippen LogP contribution >= 0.6 is 0 Å². The van der Waals surface area contributed by atoms with Gasteiger partial charge in [0.2, 0.25) is 0 Å². The summed E-state index contributed by atoms with van der Waals surface area (Å²) in [6, 6.07) is 7.43. The average molecular weight is 274 g/mol. The first-order valence-electron chi connectivity index (χ1n) is 6.96. The first-order chi connectivity index (χ1) is 9.75. The van der Waals surface area contributed by atoms with Crippen molar-refractivity contribution in [3.05, 3.63) is 24.3 Å². The van der Waals surface area contributed by atoms with Gasteiger partial charge in [0, 0.05) is 37.6 Å². The number of urea groups is 2. The van der Waals surface area contributed by atoms with Crippen molar-refractivity contribution in [3.8, 4) is 0 Å². The lowest BCUT2D eigenvalue weighted by Gasteiger charge is -2.30. The van der Waals surface area contributed by atoms with Crippen LogP contribution in [0.4, 0.5) is 21.0 Å². The first kappa shape index (κ1) is 12.8. The molecule has 2 aliphatic heterocycles. The highest BCUT2D eigenvalue weighted by Crippen LogP contribution is 2.24. The van der Waals surface area contributed by atoms with Crippen molar-refractivity contribution in [2.24, 2.45) is 0 Å². The van der Waals surface area contributed by atoms with Gasteiger partial charge in [0.1, 0.15) is 0 Å². The standard InChI is InChI=1S/C14H18N4O2/c19-13-15-6-2-8-17(13)11-4-1-5-12(10-11)18-9-3-7-16-14(18)20/h1,4-5,10H,2-3,6-9H2,(H,15,19)(H,16,20). The second kappa shape index (κ2) is 5.40. The van der Waals surface area contributed by atoms with Crippen molar-refractivity contribution in [1.29, 1.82) is 0 Å². The van der Waals surface area contributed by atoms with Crippen molar-refractivity contribution in [2.75, 3.05) is 36.0 Å². The van der Waals surface area contributed by atoms with E-state index in [1.54, 1.807) is 9.80 Å². The Bertz CT molecular complexity index is 488. The molecule has 2 heterocycles. The Hall–Kier alpha value is -2.24. The number of hydrogen-bond donors (Lipinski definition) is 2. The summed E-state index contributed by atoms with van der Waals surface area (Å²) in [5.74, 6) is 0. The van der Waals surface area contributed by atoms with E-state index in [9.17, 15) is 9.59 Å². The number of carbonyl (C=O) groups is 2. The largest absolute Gasteiger partial charge is 0.338 e. The fourth-order valence-corrected chi connectivity index (χ4v) is 2.58. The van der Waals surface area contributed by atoms with E-state index in [0.29, 0.717) is 13.1 Å². The maximum Gasteiger partial charge on any atom is 0.321 e. The minimum atomic E-state index is -0.0727. The van der Waals surface area contributed by atoms with E-state index in [4.69, 9.17) is 0 Å². The number of amides is 4. The zero-order valence-electron chi connectivity index (χ0n) is 11.3. The Morgan fingerprint density at radius 1 is 0.850 bits per heavy atom. The molecular weight excluding hydrogens is 256 g/mol. The predicted molar refractivity (Wildman–Crippen MR) is 77.2 cm³/mol. The number of nitrogens with one attached hydrogen (secondary N) is 2. The van der Waals surface area contributed by atoms with E-state index in [0.717, 1.165) is 37.3 Å². The van der Waals surface area contributed by atoms with Gasteiger partial charge in [-0.1, -0.05) is 6.07 Å². The highest BCUT2D eigenvalue weighted by molar-refractivity contribution is 5.96. The van der Waals surface area contributed by atoms with E-state index >= 15 is 0 Å². The van der Waals surface area contributed by atoms with Crippen molar-refractivity contribution in [3.63, 3.8) is 0 Å². The van der Waals surface area contributed by atoms with Gasteiger partial charge in [-0.15, -0.1) is 0 Å². The minimum Gasteiger partial charge on any atom is -0.338 e. The lowest BCUT2D eigenvalue weighted by Crippen LogP contribution is -2.47. The van der Waals surface area contributed by atoms with E-state index in [1.165, 1.54) is 0 Å². The molecule has 4 amide bonds. The summed E-state index contributed by atoms with van der Waals surface area (Å²) in [5, 5.41) is 5.66. The van der Waals surface area contributed by atoms with Crippen LogP contribution in [0.2, 0.25) is 0 Å². The molecule has 2 aliphatic rings. The van der Waals surface area contributed by atoms with Crippen molar-refractivity contribution in [1.82, 2.24) is 10.6 Å². The highest BCUT2D eigenvalue weighted by atomic mass is 16.2. The van der Waals surface area contributed by atoms with Gasteiger partial charge < -0.3 is 10.6 Å². The minimum absolute atomic E-state index is 0.0727. The monoisotopic (exact) mass is 274 g/mol. The molecule has 0 unspecified atom stereocenters. The number of anilines is 2.